The Balaban J connectivity index is 2.01. The molecule has 1 aliphatic rings. The van der Waals surface area contributed by atoms with Crippen molar-refractivity contribution in [2.75, 3.05) is 21.3 Å². The molecule has 0 spiro atoms. The number of rotatable bonds is 5. The first kappa shape index (κ1) is 17.8. The molecule has 1 atom stereocenters. The average Bonchev–Trinajstić information content (AvgIpc) is 3.13. The van der Waals surface area contributed by atoms with Crippen molar-refractivity contribution in [1.82, 2.24) is 5.01 Å². The maximum absolute atomic E-state index is 12.2. The highest BCUT2D eigenvalue weighted by molar-refractivity contribution is 6.05. The number of ether oxygens (including phenoxy) is 3. The van der Waals surface area contributed by atoms with E-state index in [1.807, 2.05) is 36.4 Å². The molecule has 26 heavy (non-hydrogen) atoms. The number of hydrogen-bond donors (Lipinski definition) is 0. The second-order valence-corrected chi connectivity index (χ2v) is 5.98. The van der Waals surface area contributed by atoms with Crippen LogP contribution in [0.15, 0.2) is 47.6 Å². The quantitative estimate of drug-likeness (QED) is 0.826. The fourth-order valence-electron chi connectivity index (χ4n) is 3.13. The molecule has 3 rings (SSSR count). The molecule has 0 radical (unpaired) electrons. The van der Waals surface area contributed by atoms with Crippen LogP contribution in [0.1, 0.15) is 30.5 Å². The van der Waals surface area contributed by atoms with Gasteiger partial charge in [0.25, 0.3) is 0 Å². The Kier molecular flexibility index (Phi) is 5.11. The van der Waals surface area contributed by atoms with Crippen molar-refractivity contribution in [3.8, 4) is 17.2 Å². The summed E-state index contributed by atoms with van der Waals surface area (Å²) < 4.78 is 16.2. The van der Waals surface area contributed by atoms with Gasteiger partial charge in [-0.1, -0.05) is 12.1 Å². The van der Waals surface area contributed by atoms with Crippen LogP contribution >= 0.6 is 0 Å². The maximum atomic E-state index is 12.2. The first-order valence-electron chi connectivity index (χ1n) is 8.31. The molecule has 6 heteroatoms. The third-order valence-electron chi connectivity index (χ3n) is 4.41. The molecule has 0 N–H and O–H groups in total. The van der Waals surface area contributed by atoms with E-state index in [0.29, 0.717) is 17.9 Å². The molecule has 1 heterocycles. The normalized spacial score (nSPS) is 16.2. The highest BCUT2D eigenvalue weighted by Crippen LogP contribution is 2.37. The molecule has 2 aromatic carbocycles. The number of nitrogens with zero attached hydrogens (tertiary/aromatic N) is 2. The molecule has 1 aliphatic heterocycles. The molecule has 136 valence electrons. The molecule has 6 nitrogen and oxygen atoms in total. The number of benzene rings is 2. The Bertz CT molecular complexity index is 825. The third kappa shape index (κ3) is 3.35. The molecular weight excluding hydrogens is 332 g/mol. The van der Waals surface area contributed by atoms with Gasteiger partial charge >= 0.3 is 0 Å². The molecule has 1 amide bonds. The van der Waals surface area contributed by atoms with Gasteiger partial charge in [-0.05, 0) is 29.8 Å². The van der Waals surface area contributed by atoms with Gasteiger partial charge in [0.2, 0.25) is 5.91 Å². The summed E-state index contributed by atoms with van der Waals surface area (Å²) >= 11 is 0. The summed E-state index contributed by atoms with van der Waals surface area (Å²) in [6.45, 7) is 1.51. The topological polar surface area (TPSA) is 60.4 Å². The number of carbonyl (C=O) groups excluding carboxylic acids is 1. The molecule has 0 aliphatic carbocycles. The lowest BCUT2D eigenvalue weighted by molar-refractivity contribution is -0.130. The van der Waals surface area contributed by atoms with E-state index in [-0.39, 0.29) is 11.9 Å². The number of hydrazone groups is 1. The minimum Gasteiger partial charge on any atom is -0.497 e. The van der Waals surface area contributed by atoms with Crippen LogP contribution in [0.3, 0.4) is 0 Å². The van der Waals surface area contributed by atoms with Crippen LogP contribution in [0.5, 0.6) is 17.2 Å². The fourth-order valence-corrected chi connectivity index (χ4v) is 3.13. The molecule has 2 aromatic rings. The summed E-state index contributed by atoms with van der Waals surface area (Å²) in [6, 6.07) is 13.1. The van der Waals surface area contributed by atoms with Gasteiger partial charge in [-0.25, -0.2) is 5.01 Å². The van der Waals surface area contributed by atoms with Gasteiger partial charge in [0, 0.05) is 25.0 Å². The predicted molar refractivity (Wildman–Crippen MR) is 99.0 cm³/mol. The molecule has 0 saturated carbocycles. The summed E-state index contributed by atoms with van der Waals surface area (Å²) in [5, 5.41) is 6.08. The van der Waals surface area contributed by atoms with Crippen LogP contribution in [0.4, 0.5) is 0 Å². The Morgan fingerprint density at radius 1 is 1.04 bits per heavy atom. The number of amides is 1. The fraction of sp³-hybridized carbons (Fsp3) is 0.300. The van der Waals surface area contributed by atoms with Crippen molar-refractivity contribution in [3.05, 3.63) is 53.6 Å². The van der Waals surface area contributed by atoms with Gasteiger partial charge in [-0.15, -0.1) is 0 Å². The SMILES string of the molecule is COc1cc(OC)cc([C@@H]2CC(c3ccccc3OC)=NN2C(C)=O)c1. The van der Waals surface area contributed by atoms with Crippen LogP contribution in [0.25, 0.3) is 0 Å². The van der Waals surface area contributed by atoms with Gasteiger partial charge in [0.05, 0.1) is 33.1 Å². The second-order valence-electron chi connectivity index (χ2n) is 5.98. The number of hydrogen-bond acceptors (Lipinski definition) is 5. The molecular formula is C20H22N2O4. The highest BCUT2D eigenvalue weighted by Gasteiger charge is 2.33. The molecule has 0 unspecified atom stereocenters. The van der Waals surface area contributed by atoms with Gasteiger partial charge in [-0.2, -0.15) is 5.10 Å². The molecule has 0 saturated heterocycles. The zero-order valence-corrected chi connectivity index (χ0v) is 15.4. The molecule has 0 bridgehead atoms. The van der Waals surface area contributed by atoms with Crippen LogP contribution in [-0.4, -0.2) is 38.0 Å². The van der Waals surface area contributed by atoms with E-state index in [4.69, 9.17) is 14.2 Å². The summed E-state index contributed by atoms with van der Waals surface area (Å²) in [5.74, 6) is 1.96. The lowest BCUT2D eigenvalue weighted by Crippen LogP contribution is -2.24. The van der Waals surface area contributed by atoms with Gasteiger partial charge < -0.3 is 14.2 Å². The number of methoxy groups -OCH3 is 3. The Morgan fingerprint density at radius 2 is 1.69 bits per heavy atom. The maximum Gasteiger partial charge on any atom is 0.240 e. The van der Waals surface area contributed by atoms with E-state index < -0.39 is 0 Å². The van der Waals surface area contributed by atoms with Crippen molar-refractivity contribution in [1.29, 1.82) is 0 Å². The smallest absolute Gasteiger partial charge is 0.240 e. The minimum atomic E-state index is -0.226. The zero-order valence-electron chi connectivity index (χ0n) is 15.4. The first-order valence-corrected chi connectivity index (χ1v) is 8.31. The van der Waals surface area contributed by atoms with E-state index in [9.17, 15) is 4.79 Å². The lowest BCUT2D eigenvalue weighted by atomic mass is 9.97. The standard InChI is InChI=1S/C20H22N2O4/c1-13(23)22-19(14-9-15(24-2)11-16(10-14)25-3)12-18(21-22)17-7-5-6-8-20(17)26-4/h5-11,19H,12H2,1-4H3/t19-/m0/s1. The van der Waals surface area contributed by atoms with Gasteiger partial charge in [-0.3, -0.25) is 4.79 Å². The van der Waals surface area contributed by atoms with Crippen molar-refractivity contribution in [3.63, 3.8) is 0 Å². The van der Waals surface area contributed by atoms with Crippen molar-refractivity contribution < 1.29 is 19.0 Å². The molecule has 0 aromatic heterocycles. The highest BCUT2D eigenvalue weighted by atomic mass is 16.5. The Hall–Kier alpha value is -3.02. The zero-order chi connectivity index (χ0) is 18.7. The largest absolute Gasteiger partial charge is 0.497 e. The summed E-state index contributed by atoms with van der Waals surface area (Å²) in [7, 11) is 4.83. The van der Waals surface area contributed by atoms with Crippen LogP contribution in [-0.2, 0) is 4.79 Å². The second kappa shape index (κ2) is 7.47. The van der Waals surface area contributed by atoms with Crippen molar-refractivity contribution in [2.45, 2.75) is 19.4 Å². The summed E-state index contributed by atoms with van der Waals surface area (Å²) in [4.78, 5) is 12.2. The monoisotopic (exact) mass is 354 g/mol. The van der Waals surface area contributed by atoms with Crippen molar-refractivity contribution in [2.24, 2.45) is 5.10 Å². The van der Waals surface area contributed by atoms with E-state index in [1.54, 1.807) is 27.4 Å². The van der Waals surface area contributed by atoms with E-state index >= 15 is 0 Å². The van der Waals surface area contributed by atoms with Crippen LogP contribution in [0.2, 0.25) is 0 Å². The molecule has 0 fully saturated rings. The van der Waals surface area contributed by atoms with E-state index in [2.05, 4.69) is 5.10 Å². The van der Waals surface area contributed by atoms with E-state index in [1.165, 1.54) is 11.9 Å². The summed E-state index contributed by atoms with van der Waals surface area (Å²) in [5.41, 5.74) is 2.60. The van der Waals surface area contributed by atoms with Crippen molar-refractivity contribution >= 4 is 11.6 Å². The van der Waals surface area contributed by atoms with Gasteiger partial charge in [0.15, 0.2) is 0 Å². The number of carbonyl (C=O) groups is 1. The lowest BCUT2D eigenvalue weighted by Gasteiger charge is -2.21. The van der Waals surface area contributed by atoms with Gasteiger partial charge in [0.1, 0.15) is 17.2 Å². The average molecular weight is 354 g/mol. The third-order valence-corrected chi connectivity index (χ3v) is 4.41. The van der Waals surface area contributed by atoms with Crippen LogP contribution < -0.4 is 14.2 Å². The van der Waals surface area contributed by atoms with E-state index in [0.717, 1.165) is 22.6 Å². The minimum absolute atomic E-state index is 0.123. The Morgan fingerprint density at radius 3 is 2.27 bits per heavy atom. The Labute approximate surface area is 153 Å². The predicted octanol–water partition coefficient (Wildman–Crippen LogP) is 3.41. The van der Waals surface area contributed by atoms with Crippen LogP contribution in [0, 0.1) is 0 Å². The first-order chi connectivity index (χ1) is 12.6. The summed E-state index contributed by atoms with van der Waals surface area (Å²) in [6.07, 6.45) is 0.580. The number of para-hydroxylation sites is 1.